The van der Waals surface area contributed by atoms with E-state index in [1.807, 2.05) is 18.2 Å². The van der Waals surface area contributed by atoms with Gasteiger partial charge in [0, 0.05) is 36.8 Å². The highest BCUT2D eigenvalue weighted by molar-refractivity contribution is 7.86. The van der Waals surface area contributed by atoms with E-state index < -0.39 is 10.2 Å². The van der Waals surface area contributed by atoms with Gasteiger partial charge in [-0.15, -0.1) is 0 Å². The van der Waals surface area contributed by atoms with Crippen LogP contribution in [0.25, 0.3) is 11.3 Å². The molecule has 0 unspecified atom stereocenters. The Morgan fingerprint density at radius 3 is 2.65 bits per heavy atom. The predicted octanol–water partition coefficient (Wildman–Crippen LogP) is 1.32. The maximum atomic E-state index is 11.3. The number of rotatable bonds is 4. The van der Waals surface area contributed by atoms with Crippen molar-refractivity contribution in [2.24, 2.45) is 5.14 Å². The number of piperazine rings is 1. The first-order valence-electron chi connectivity index (χ1n) is 7.13. The summed E-state index contributed by atoms with van der Waals surface area (Å²) in [5.74, 6) is 1.25. The number of benzene rings is 1. The molecule has 23 heavy (non-hydrogen) atoms. The van der Waals surface area contributed by atoms with Gasteiger partial charge in [-0.3, -0.25) is 4.90 Å². The minimum Gasteiger partial charge on any atom is -0.439 e. The maximum Gasteiger partial charge on any atom is 0.276 e. The van der Waals surface area contributed by atoms with Crippen LogP contribution >= 0.6 is 11.6 Å². The molecule has 0 amide bonds. The molecule has 0 radical (unpaired) electrons. The number of hydrogen-bond acceptors (Lipinski definition) is 5. The zero-order chi connectivity index (χ0) is 16.4. The van der Waals surface area contributed by atoms with Crippen molar-refractivity contribution in [3.05, 3.63) is 41.4 Å². The lowest BCUT2D eigenvalue weighted by Gasteiger charge is -2.31. The molecule has 1 aromatic carbocycles. The molecule has 2 N–H and O–H groups in total. The fourth-order valence-electron chi connectivity index (χ4n) is 2.49. The molecule has 2 heterocycles. The van der Waals surface area contributed by atoms with E-state index in [4.69, 9.17) is 21.2 Å². The van der Waals surface area contributed by atoms with E-state index in [0.717, 1.165) is 5.56 Å². The third kappa shape index (κ3) is 4.10. The van der Waals surface area contributed by atoms with Gasteiger partial charge in [0.1, 0.15) is 0 Å². The van der Waals surface area contributed by atoms with E-state index >= 15 is 0 Å². The summed E-state index contributed by atoms with van der Waals surface area (Å²) in [7, 11) is -3.60. The third-order valence-corrected chi connectivity index (χ3v) is 5.03. The van der Waals surface area contributed by atoms with Gasteiger partial charge in [0.25, 0.3) is 10.2 Å². The van der Waals surface area contributed by atoms with Crippen molar-refractivity contribution in [1.29, 1.82) is 0 Å². The summed E-state index contributed by atoms with van der Waals surface area (Å²) in [5.41, 5.74) is 0.871. The Kier molecular flexibility index (Phi) is 4.69. The topological polar surface area (TPSA) is 92.7 Å². The van der Waals surface area contributed by atoms with Crippen LogP contribution in [0.1, 0.15) is 5.89 Å². The molecular weight excluding hydrogens is 340 g/mol. The summed E-state index contributed by atoms with van der Waals surface area (Å²) in [6.45, 7) is 2.46. The highest BCUT2D eigenvalue weighted by atomic mass is 35.5. The first-order valence-corrected chi connectivity index (χ1v) is 9.01. The number of aromatic nitrogens is 1. The van der Waals surface area contributed by atoms with Crippen LogP contribution in [0.2, 0.25) is 5.02 Å². The van der Waals surface area contributed by atoms with Gasteiger partial charge in [0.05, 0.1) is 12.7 Å². The van der Waals surface area contributed by atoms with Gasteiger partial charge in [-0.2, -0.15) is 12.7 Å². The number of hydrogen-bond donors (Lipinski definition) is 1. The molecule has 1 aliphatic rings. The lowest BCUT2D eigenvalue weighted by Crippen LogP contribution is -2.50. The van der Waals surface area contributed by atoms with E-state index in [2.05, 4.69) is 9.88 Å². The third-order valence-electron chi connectivity index (χ3n) is 3.71. The zero-order valence-electron chi connectivity index (χ0n) is 12.4. The van der Waals surface area contributed by atoms with Crippen molar-refractivity contribution in [1.82, 2.24) is 14.2 Å². The average Bonchev–Trinajstić information content (AvgIpc) is 2.95. The molecule has 0 bridgehead atoms. The molecule has 0 atom stereocenters. The highest BCUT2D eigenvalue weighted by Gasteiger charge is 2.24. The minimum absolute atomic E-state index is 0.376. The summed E-state index contributed by atoms with van der Waals surface area (Å²) in [6, 6.07) is 7.37. The van der Waals surface area contributed by atoms with Gasteiger partial charge < -0.3 is 4.42 Å². The number of halogens is 1. The molecule has 0 aliphatic carbocycles. The summed E-state index contributed by atoms with van der Waals surface area (Å²) in [6.07, 6.45) is 1.67. The summed E-state index contributed by atoms with van der Waals surface area (Å²) < 4.78 is 29.6. The second-order valence-electron chi connectivity index (χ2n) is 5.35. The van der Waals surface area contributed by atoms with Crippen LogP contribution in [-0.4, -0.2) is 48.8 Å². The van der Waals surface area contributed by atoms with Crippen molar-refractivity contribution in [2.45, 2.75) is 6.54 Å². The van der Waals surface area contributed by atoms with Crippen LogP contribution in [0.5, 0.6) is 0 Å². The Morgan fingerprint density at radius 1 is 1.26 bits per heavy atom. The van der Waals surface area contributed by atoms with Gasteiger partial charge in [-0.1, -0.05) is 23.7 Å². The van der Waals surface area contributed by atoms with E-state index in [9.17, 15) is 8.42 Å². The standard InChI is InChI=1S/C14H17ClN4O3S/c15-12-3-1-2-11(8-12)13-9-17-14(22-13)10-18-4-6-19(7-5-18)23(16,20)21/h1-3,8-9H,4-7,10H2,(H2,16,20,21). The first-order chi connectivity index (χ1) is 10.9. The van der Waals surface area contributed by atoms with Crippen molar-refractivity contribution >= 4 is 21.8 Å². The van der Waals surface area contributed by atoms with Crippen molar-refractivity contribution in [3.8, 4) is 11.3 Å². The average molecular weight is 357 g/mol. The molecule has 3 rings (SSSR count). The lowest BCUT2D eigenvalue weighted by molar-refractivity contribution is 0.169. The molecule has 0 saturated carbocycles. The van der Waals surface area contributed by atoms with Crippen LogP contribution in [0, 0.1) is 0 Å². The fraction of sp³-hybridized carbons (Fsp3) is 0.357. The number of nitrogens with zero attached hydrogens (tertiary/aromatic N) is 3. The summed E-state index contributed by atoms with van der Waals surface area (Å²) >= 11 is 5.97. The molecule has 1 fully saturated rings. The Morgan fingerprint density at radius 2 is 2.00 bits per heavy atom. The molecule has 7 nitrogen and oxygen atoms in total. The molecule has 1 aromatic heterocycles. The van der Waals surface area contributed by atoms with Gasteiger partial charge in [-0.05, 0) is 12.1 Å². The predicted molar refractivity (Wildman–Crippen MR) is 86.9 cm³/mol. The molecule has 0 spiro atoms. The Hall–Kier alpha value is -1.45. The maximum absolute atomic E-state index is 11.3. The second kappa shape index (κ2) is 6.58. The normalized spacial score (nSPS) is 17.5. The Bertz CT molecular complexity index is 785. The summed E-state index contributed by atoms with van der Waals surface area (Å²) in [4.78, 5) is 6.35. The van der Waals surface area contributed by atoms with Crippen LogP contribution in [-0.2, 0) is 16.8 Å². The Balaban J connectivity index is 1.62. The molecule has 2 aromatic rings. The van der Waals surface area contributed by atoms with Gasteiger partial charge >= 0.3 is 0 Å². The van der Waals surface area contributed by atoms with Crippen molar-refractivity contribution in [3.63, 3.8) is 0 Å². The molecule has 1 saturated heterocycles. The van der Waals surface area contributed by atoms with Crippen LogP contribution in [0.4, 0.5) is 0 Å². The molecule has 9 heteroatoms. The second-order valence-corrected chi connectivity index (χ2v) is 7.33. The lowest BCUT2D eigenvalue weighted by atomic mass is 10.2. The molecule has 1 aliphatic heterocycles. The number of oxazole rings is 1. The van der Waals surface area contributed by atoms with Crippen LogP contribution < -0.4 is 5.14 Å². The monoisotopic (exact) mass is 356 g/mol. The largest absolute Gasteiger partial charge is 0.439 e. The molecular formula is C14H17ClN4O3S. The van der Waals surface area contributed by atoms with Crippen LogP contribution in [0.15, 0.2) is 34.9 Å². The van der Waals surface area contributed by atoms with E-state index in [1.165, 1.54) is 4.31 Å². The SMILES string of the molecule is NS(=O)(=O)N1CCN(Cc2ncc(-c3cccc(Cl)c3)o2)CC1. The van der Waals surface area contributed by atoms with Gasteiger partial charge in [0.2, 0.25) is 5.89 Å². The van der Waals surface area contributed by atoms with Gasteiger partial charge in [0.15, 0.2) is 5.76 Å². The van der Waals surface area contributed by atoms with E-state index in [-0.39, 0.29) is 0 Å². The quantitative estimate of drug-likeness (QED) is 0.891. The summed E-state index contributed by atoms with van der Waals surface area (Å²) in [5, 5.41) is 5.76. The zero-order valence-corrected chi connectivity index (χ0v) is 13.9. The van der Waals surface area contributed by atoms with Crippen molar-refractivity contribution in [2.75, 3.05) is 26.2 Å². The van der Waals surface area contributed by atoms with Crippen molar-refractivity contribution < 1.29 is 12.8 Å². The smallest absolute Gasteiger partial charge is 0.276 e. The first kappa shape index (κ1) is 16.4. The molecule has 124 valence electrons. The fourth-order valence-corrected chi connectivity index (χ4v) is 3.35. The highest BCUT2D eigenvalue weighted by Crippen LogP contribution is 2.24. The van der Waals surface area contributed by atoms with E-state index in [0.29, 0.717) is 49.4 Å². The van der Waals surface area contributed by atoms with Crippen LogP contribution in [0.3, 0.4) is 0 Å². The van der Waals surface area contributed by atoms with E-state index in [1.54, 1.807) is 12.3 Å². The minimum atomic E-state index is -3.60. The Labute approximate surface area is 139 Å². The van der Waals surface area contributed by atoms with Gasteiger partial charge in [-0.25, -0.2) is 10.1 Å². The number of nitrogens with two attached hydrogens (primary N) is 1.